The van der Waals surface area contributed by atoms with Crippen molar-refractivity contribution in [2.24, 2.45) is 62.1 Å². The summed E-state index contributed by atoms with van der Waals surface area (Å²) >= 11 is 0. The van der Waals surface area contributed by atoms with Crippen molar-refractivity contribution in [3.8, 4) is 0 Å². The fraction of sp³-hybridized carbons (Fsp3) is 0.892. The first kappa shape index (κ1) is 29.9. The smallest absolute Gasteiger partial charge is 0.0716 e. The third kappa shape index (κ3) is 4.47. The van der Waals surface area contributed by atoms with Gasteiger partial charge in [0.15, 0.2) is 0 Å². The van der Waals surface area contributed by atoms with Crippen molar-refractivity contribution < 1.29 is 9.47 Å². The van der Waals surface area contributed by atoms with Crippen LogP contribution in [0.25, 0.3) is 0 Å². The van der Waals surface area contributed by atoms with E-state index in [0.29, 0.717) is 39.9 Å². The summed E-state index contributed by atoms with van der Waals surface area (Å²) in [6, 6.07) is 0. The van der Waals surface area contributed by atoms with Gasteiger partial charge < -0.3 is 9.47 Å². The summed E-state index contributed by atoms with van der Waals surface area (Å²) in [5.74, 6) is 3.11. The molecule has 0 aromatic heterocycles. The summed E-state index contributed by atoms with van der Waals surface area (Å²) < 4.78 is 13.7. The quantitative estimate of drug-likeness (QED) is 0.300. The van der Waals surface area contributed by atoms with Crippen LogP contribution >= 0.6 is 0 Å². The molecule has 9 atom stereocenters. The lowest BCUT2D eigenvalue weighted by atomic mass is 9.36. The Labute approximate surface area is 242 Å². The third-order valence-corrected chi connectivity index (χ3v) is 14.0. The molecule has 1 heterocycles. The second-order valence-electron chi connectivity index (χ2n) is 17.7. The normalized spacial score (nSPS) is 47.7. The molecule has 5 aliphatic rings. The van der Waals surface area contributed by atoms with E-state index in [2.05, 4.69) is 88.0 Å². The fourth-order valence-corrected chi connectivity index (χ4v) is 11.1. The highest BCUT2D eigenvalue weighted by molar-refractivity contribution is 5.35. The van der Waals surface area contributed by atoms with Gasteiger partial charge in [-0.2, -0.15) is 0 Å². The van der Waals surface area contributed by atoms with E-state index >= 15 is 0 Å². The van der Waals surface area contributed by atoms with Crippen LogP contribution in [-0.4, -0.2) is 25.9 Å². The molecule has 0 aromatic rings. The van der Waals surface area contributed by atoms with Gasteiger partial charge in [-0.15, -0.1) is 6.58 Å². The second kappa shape index (κ2) is 9.72. The van der Waals surface area contributed by atoms with E-state index in [4.69, 9.17) is 9.47 Å². The van der Waals surface area contributed by atoms with Crippen molar-refractivity contribution in [1.82, 2.24) is 0 Å². The summed E-state index contributed by atoms with van der Waals surface area (Å²) in [6.45, 7) is 31.6. The average molecular weight is 539 g/mol. The highest BCUT2D eigenvalue weighted by atomic mass is 16.5. The van der Waals surface area contributed by atoms with Crippen LogP contribution in [0, 0.1) is 62.1 Å². The predicted molar refractivity (Wildman–Crippen MR) is 165 cm³/mol. The van der Waals surface area contributed by atoms with Gasteiger partial charge in [0.2, 0.25) is 0 Å². The lowest BCUT2D eigenvalue weighted by Crippen LogP contribution is -2.67. The first-order valence-corrected chi connectivity index (χ1v) is 16.6. The molecule has 222 valence electrons. The van der Waals surface area contributed by atoms with Crippen LogP contribution in [0.5, 0.6) is 0 Å². The SMILES string of the molecule is C=CC1CC23COCC(C)(C1OCC(C)(C)C(C)C)C2CCC1C3=CCC2(C)CC(C)(CC(C)C)CCC12C. The second-order valence-corrected chi connectivity index (χ2v) is 17.7. The predicted octanol–water partition coefficient (Wildman–Crippen LogP) is 9.89. The minimum Gasteiger partial charge on any atom is -0.380 e. The largest absolute Gasteiger partial charge is 0.380 e. The molecule has 0 amide bonds. The lowest BCUT2D eigenvalue weighted by Gasteiger charge is -2.70. The van der Waals surface area contributed by atoms with Gasteiger partial charge in [-0.1, -0.05) is 87.0 Å². The molecule has 0 spiro atoms. The van der Waals surface area contributed by atoms with Gasteiger partial charge in [-0.05, 0) is 96.7 Å². The molecule has 5 rings (SSSR count). The molecule has 1 saturated heterocycles. The Morgan fingerprint density at radius 1 is 1.08 bits per heavy atom. The Bertz CT molecular complexity index is 976. The van der Waals surface area contributed by atoms with E-state index in [1.165, 1.54) is 44.9 Å². The monoisotopic (exact) mass is 538 g/mol. The van der Waals surface area contributed by atoms with Gasteiger partial charge in [0, 0.05) is 16.7 Å². The molecular weight excluding hydrogens is 476 g/mol. The third-order valence-electron chi connectivity index (χ3n) is 14.0. The number of fused-ring (bicyclic) bond motifs is 3. The van der Waals surface area contributed by atoms with Crippen LogP contribution in [0.2, 0.25) is 0 Å². The first-order chi connectivity index (χ1) is 18.1. The summed E-state index contributed by atoms with van der Waals surface area (Å²) in [4.78, 5) is 0. The van der Waals surface area contributed by atoms with Crippen LogP contribution in [0.3, 0.4) is 0 Å². The van der Waals surface area contributed by atoms with E-state index < -0.39 is 0 Å². The number of rotatable bonds is 7. The molecule has 2 nitrogen and oxygen atoms in total. The molecule has 1 aliphatic heterocycles. The van der Waals surface area contributed by atoms with E-state index in [-0.39, 0.29) is 22.3 Å². The van der Waals surface area contributed by atoms with E-state index in [9.17, 15) is 0 Å². The molecule has 4 fully saturated rings. The number of ether oxygens (including phenoxy) is 2. The number of hydrogen-bond acceptors (Lipinski definition) is 2. The molecule has 9 unspecified atom stereocenters. The van der Waals surface area contributed by atoms with Gasteiger partial charge in [-0.25, -0.2) is 0 Å². The minimum atomic E-state index is 0.0400. The van der Waals surface area contributed by atoms with Gasteiger partial charge in [-0.3, -0.25) is 0 Å². The van der Waals surface area contributed by atoms with E-state index in [1.54, 1.807) is 5.57 Å². The zero-order valence-electron chi connectivity index (χ0n) is 27.4. The Morgan fingerprint density at radius 2 is 1.79 bits per heavy atom. The Hall–Kier alpha value is -0.600. The molecule has 4 aliphatic carbocycles. The first-order valence-electron chi connectivity index (χ1n) is 16.6. The molecule has 0 radical (unpaired) electrons. The summed E-state index contributed by atoms with van der Waals surface area (Å²) in [5.41, 5.74) is 3.43. The zero-order valence-corrected chi connectivity index (χ0v) is 27.4. The minimum absolute atomic E-state index is 0.0400. The highest BCUT2D eigenvalue weighted by Gasteiger charge is 2.68. The van der Waals surface area contributed by atoms with Crippen molar-refractivity contribution >= 4 is 0 Å². The maximum atomic E-state index is 6.99. The molecule has 2 bridgehead atoms. The molecule has 0 N–H and O–H groups in total. The Balaban J connectivity index is 1.49. The van der Waals surface area contributed by atoms with Crippen LogP contribution in [-0.2, 0) is 9.47 Å². The van der Waals surface area contributed by atoms with Crippen LogP contribution in [0.1, 0.15) is 121 Å². The standard InChI is InChI=1S/C37H62O2/c1-12-27-20-37-24-38-23-35(10,31(27)39-22-32(6,7)26(4)5)30(37)14-13-28-29(37)15-16-34(9)21-33(8,19-25(2)3)17-18-36(28,34)11/h12,15,25-28,30-31H,1,13-14,16-24H2,2-11H3. The van der Waals surface area contributed by atoms with Crippen LogP contribution in [0.15, 0.2) is 24.3 Å². The van der Waals surface area contributed by atoms with Crippen molar-refractivity contribution in [3.05, 3.63) is 24.3 Å². The lowest BCUT2D eigenvalue weighted by molar-refractivity contribution is -0.248. The number of hydrogen-bond donors (Lipinski definition) is 0. The van der Waals surface area contributed by atoms with Gasteiger partial charge in [0.05, 0.1) is 25.9 Å². The van der Waals surface area contributed by atoms with Crippen molar-refractivity contribution in [2.45, 2.75) is 127 Å². The van der Waals surface area contributed by atoms with Gasteiger partial charge >= 0.3 is 0 Å². The zero-order chi connectivity index (χ0) is 28.6. The maximum absolute atomic E-state index is 6.99. The Morgan fingerprint density at radius 3 is 2.44 bits per heavy atom. The average Bonchev–Trinajstić information content (AvgIpc) is 2.83. The van der Waals surface area contributed by atoms with Crippen LogP contribution < -0.4 is 0 Å². The highest BCUT2D eigenvalue weighted by Crippen LogP contribution is 2.73. The van der Waals surface area contributed by atoms with E-state index in [0.717, 1.165) is 32.2 Å². The summed E-state index contributed by atoms with van der Waals surface area (Å²) in [6.07, 6.45) is 15.8. The maximum Gasteiger partial charge on any atom is 0.0716 e. The molecule has 2 heteroatoms. The van der Waals surface area contributed by atoms with Crippen molar-refractivity contribution in [3.63, 3.8) is 0 Å². The summed E-state index contributed by atoms with van der Waals surface area (Å²) in [7, 11) is 0. The van der Waals surface area contributed by atoms with Crippen molar-refractivity contribution in [1.29, 1.82) is 0 Å². The topological polar surface area (TPSA) is 18.5 Å². The Kier molecular flexibility index (Phi) is 7.45. The molecule has 3 saturated carbocycles. The fourth-order valence-electron chi connectivity index (χ4n) is 11.1. The molecule has 0 aromatic carbocycles. The van der Waals surface area contributed by atoms with Gasteiger partial charge in [0.25, 0.3) is 0 Å². The van der Waals surface area contributed by atoms with Crippen LogP contribution in [0.4, 0.5) is 0 Å². The van der Waals surface area contributed by atoms with E-state index in [1.807, 2.05) is 0 Å². The molecule has 39 heavy (non-hydrogen) atoms. The summed E-state index contributed by atoms with van der Waals surface area (Å²) in [5, 5.41) is 0. The van der Waals surface area contributed by atoms with Crippen molar-refractivity contribution in [2.75, 3.05) is 19.8 Å². The van der Waals surface area contributed by atoms with Gasteiger partial charge in [0.1, 0.15) is 0 Å². The number of allylic oxidation sites excluding steroid dienone is 1. The molecular formula is C37H62O2.